The van der Waals surface area contributed by atoms with Crippen LogP contribution in [0.3, 0.4) is 0 Å². The third-order valence-electron chi connectivity index (χ3n) is 4.72. The maximum absolute atomic E-state index is 6.22. The summed E-state index contributed by atoms with van der Waals surface area (Å²) >= 11 is 0. The highest BCUT2D eigenvalue weighted by Crippen LogP contribution is 2.28. The van der Waals surface area contributed by atoms with E-state index in [0.717, 1.165) is 42.8 Å². The molecule has 0 spiro atoms. The normalized spacial score (nSPS) is 21.8. The van der Waals surface area contributed by atoms with E-state index in [1.54, 1.807) is 0 Å². The zero-order valence-corrected chi connectivity index (χ0v) is 14.7. The van der Waals surface area contributed by atoms with Gasteiger partial charge in [0.15, 0.2) is 5.65 Å². The molecule has 5 nitrogen and oxygen atoms in total. The Bertz CT molecular complexity index is 664. The van der Waals surface area contributed by atoms with Crippen molar-refractivity contribution in [1.29, 1.82) is 0 Å². The summed E-state index contributed by atoms with van der Waals surface area (Å²) in [5.74, 6) is 0. The van der Waals surface area contributed by atoms with Crippen molar-refractivity contribution < 1.29 is 0 Å². The lowest BCUT2D eigenvalue weighted by Crippen LogP contribution is -2.52. The van der Waals surface area contributed by atoms with E-state index in [2.05, 4.69) is 34.9 Å². The first-order valence-electron chi connectivity index (χ1n) is 7.63. The Kier molecular flexibility index (Phi) is 4.80. The average Bonchev–Trinajstić information content (AvgIpc) is 2.69. The third kappa shape index (κ3) is 3.12. The van der Waals surface area contributed by atoms with Gasteiger partial charge in [-0.05, 0) is 30.4 Å². The summed E-state index contributed by atoms with van der Waals surface area (Å²) in [5.41, 5.74) is 9.65. The fourth-order valence-corrected chi connectivity index (χ4v) is 3.32. The van der Waals surface area contributed by atoms with Crippen LogP contribution in [0.15, 0.2) is 12.3 Å². The van der Waals surface area contributed by atoms with Gasteiger partial charge >= 0.3 is 0 Å². The van der Waals surface area contributed by atoms with Gasteiger partial charge in [0, 0.05) is 44.3 Å². The zero-order valence-electron chi connectivity index (χ0n) is 13.8. The predicted octanol–water partition coefficient (Wildman–Crippen LogP) is 2.26. The van der Waals surface area contributed by atoms with Crippen molar-refractivity contribution in [3.05, 3.63) is 23.5 Å². The van der Waals surface area contributed by atoms with Crippen LogP contribution < -0.4 is 5.73 Å². The summed E-state index contributed by atoms with van der Waals surface area (Å²) in [7, 11) is 1.94. The second kappa shape index (κ2) is 6.14. The van der Waals surface area contributed by atoms with Crippen LogP contribution in [0.4, 0.5) is 0 Å². The Balaban J connectivity index is 0.00000176. The standard InChI is InChI=1S/C16H25N5.ClH/c1-11-13-7-12(8-18-15(13)20(4)19-11)9-21-6-5-14(17)16(2,3)10-21;/h7-8,14H,5-6,9-10,17H2,1-4H3;1H. The molecule has 0 aromatic carbocycles. The maximum atomic E-state index is 6.22. The number of hydrogen-bond acceptors (Lipinski definition) is 4. The lowest BCUT2D eigenvalue weighted by molar-refractivity contribution is 0.0898. The zero-order chi connectivity index (χ0) is 15.2. The van der Waals surface area contributed by atoms with Crippen LogP contribution >= 0.6 is 12.4 Å². The lowest BCUT2D eigenvalue weighted by atomic mass is 9.79. The Morgan fingerprint density at radius 2 is 2.14 bits per heavy atom. The van der Waals surface area contributed by atoms with Gasteiger partial charge in [-0.2, -0.15) is 5.10 Å². The van der Waals surface area contributed by atoms with Gasteiger partial charge in [0.25, 0.3) is 0 Å². The minimum atomic E-state index is 0. The number of rotatable bonds is 2. The Labute approximate surface area is 138 Å². The van der Waals surface area contributed by atoms with Crippen molar-refractivity contribution >= 4 is 23.4 Å². The molecule has 3 heterocycles. The van der Waals surface area contributed by atoms with E-state index >= 15 is 0 Å². The van der Waals surface area contributed by atoms with Crippen LogP contribution in [0.5, 0.6) is 0 Å². The summed E-state index contributed by atoms with van der Waals surface area (Å²) in [6.07, 6.45) is 3.04. The number of fused-ring (bicyclic) bond motifs is 1. The summed E-state index contributed by atoms with van der Waals surface area (Å²) < 4.78 is 1.84. The molecule has 2 aromatic rings. The Hall–Kier alpha value is -1.17. The number of piperidine rings is 1. The van der Waals surface area contributed by atoms with Crippen molar-refractivity contribution in [2.24, 2.45) is 18.2 Å². The minimum Gasteiger partial charge on any atom is -0.327 e. The number of pyridine rings is 1. The smallest absolute Gasteiger partial charge is 0.157 e. The molecule has 1 unspecified atom stereocenters. The molecule has 0 bridgehead atoms. The van der Waals surface area contributed by atoms with Gasteiger partial charge in [-0.25, -0.2) is 4.98 Å². The predicted molar refractivity (Wildman–Crippen MR) is 92.1 cm³/mol. The largest absolute Gasteiger partial charge is 0.327 e. The van der Waals surface area contributed by atoms with Crippen LogP contribution in [0.1, 0.15) is 31.5 Å². The highest BCUT2D eigenvalue weighted by Gasteiger charge is 2.33. The van der Waals surface area contributed by atoms with Gasteiger partial charge in [0.2, 0.25) is 0 Å². The third-order valence-corrected chi connectivity index (χ3v) is 4.72. The van der Waals surface area contributed by atoms with Crippen LogP contribution in [0, 0.1) is 12.3 Å². The van der Waals surface area contributed by atoms with Crippen LogP contribution in [0.2, 0.25) is 0 Å². The van der Waals surface area contributed by atoms with E-state index in [0.29, 0.717) is 6.04 Å². The molecule has 1 fully saturated rings. The molecule has 0 aliphatic carbocycles. The molecule has 1 aliphatic rings. The van der Waals surface area contributed by atoms with Gasteiger partial charge in [0.1, 0.15) is 0 Å². The quantitative estimate of drug-likeness (QED) is 0.921. The minimum absolute atomic E-state index is 0. The Morgan fingerprint density at radius 1 is 1.41 bits per heavy atom. The van der Waals surface area contributed by atoms with E-state index in [1.807, 2.05) is 24.9 Å². The number of nitrogens with two attached hydrogens (primary N) is 1. The van der Waals surface area contributed by atoms with Crippen molar-refractivity contribution in [3.8, 4) is 0 Å². The number of hydrogen-bond donors (Lipinski definition) is 1. The first-order valence-corrected chi connectivity index (χ1v) is 7.63. The summed E-state index contributed by atoms with van der Waals surface area (Å²) in [6.45, 7) is 9.60. The molecular weight excluding hydrogens is 298 g/mol. The van der Waals surface area contributed by atoms with E-state index in [9.17, 15) is 0 Å². The molecule has 1 atom stereocenters. The first-order chi connectivity index (χ1) is 9.87. The van der Waals surface area contributed by atoms with Gasteiger partial charge in [-0.3, -0.25) is 9.58 Å². The van der Waals surface area contributed by atoms with E-state index in [1.165, 1.54) is 5.56 Å². The van der Waals surface area contributed by atoms with E-state index in [4.69, 9.17) is 5.73 Å². The molecule has 1 aliphatic heterocycles. The number of aromatic nitrogens is 3. The second-order valence-electron chi connectivity index (χ2n) is 7.02. The van der Waals surface area contributed by atoms with E-state index < -0.39 is 0 Å². The fourth-order valence-electron chi connectivity index (χ4n) is 3.32. The highest BCUT2D eigenvalue weighted by molar-refractivity contribution is 5.85. The molecule has 0 saturated carbocycles. The van der Waals surface area contributed by atoms with Crippen LogP contribution in [-0.4, -0.2) is 38.8 Å². The first kappa shape index (κ1) is 17.2. The van der Waals surface area contributed by atoms with Crippen molar-refractivity contribution in [1.82, 2.24) is 19.7 Å². The maximum Gasteiger partial charge on any atom is 0.157 e. The fraction of sp³-hybridized carbons (Fsp3) is 0.625. The van der Waals surface area contributed by atoms with E-state index in [-0.39, 0.29) is 17.8 Å². The molecule has 0 radical (unpaired) electrons. The van der Waals surface area contributed by atoms with Gasteiger partial charge in [-0.1, -0.05) is 13.8 Å². The van der Waals surface area contributed by atoms with Crippen molar-refractivity contribution in [2.45, 2.75) is 39.8 Å². The summed E-state index contributed by atoms with van der Waals surface area (Å²) in [5, 5.41) is 5.59. The SMILES string of the molecule is Cc1nn(C)c2ncc(CN3CCC(N)C(C)(C)C3)cc12.Cl. The van der Waals surface area contributed by atoms with Gasteiger partial charge in [-0.15, -0.1) is 12.4 Å². The number of halogens is 1. The lowest BCUT2D eigenvalue weighted by Gasteiger charge is -2.42. The average molecular weight is 324 g/mol. The molecular formula is C16H26ClN5. The van der Waals surface area contributed by atoms with Crippen LogP contribution in [0.25, 0.3) is 11.0 Å². The Morgan fingerprint density at radius 3 is 2.82 bits per heavy atom. The number of aryl methyl sites for hydroxylation is 2. The monoisotopic (exact) mass is 323 g/mol. The molecule has 0 amide bonds. The summed E-state index contributed by atoms with van der Waals surface area (Å²) in [4.78, 5) is 7.05. The molecule has 1 saturated heterocycles. The van der Waals surface area contributed by atoms with Gasteiger partial charge < -0.3 is 5.73 Å². The van der Waals surface area contributed by atoms with Crippen LogP contribution in [-0.2, 0) is 13.6 Å². The van der Waals surface area contributed by atoms with Crippen molar-refractivity contribution in [3.63, 3.8) is 0 Å². The number of likely N-dealkylation sites (tertiary alicyclic amines) is 1. The summed E-state index contributed by atoms with van der Waals surface area (Å²) in [6, 6.07) is 2.53. The molecule has 2 aromatic heterocycles. The molecule has 122 valence electrons. The van der Waals surface area contributed by atoms with Gasteiger partial charge in [0.05, 0.1) is 5.69 Å². The molecule has 6 heteroatoms. The second-order valence-corrected chi connectivity index (χ2v) is 7.02. The van der Waals surface area contributed by atoms with Crippen molar-refractivity contribution in [2.75, 3.05) is 13.1 Å². The topological polar surface area (TPSA) is 60.0 Å². The highest BCUT2D eigenvalue weighted by atomic mass is 35.5. The molecule has 22 heavy (non-hydrogen) atoms. The number of nitrogens with zero attached hydrogens (tertiary/aromatic N) is 4. The molecule has 2 N–H and O–H groups in total. The molecule has 3 rings (SSSR count).